The topological polar surface area (TPSA) is 55.3 Å². The van der Waals surface area contributed by atoms with E-state index in [2.05, 4.69) is 4.98 Å². The van der Waals surface area contributed by atoms with Crippen molar-refractivity contribution in [2.24, 2.45) is 5.84 Å². The van der Waals surface area contributed by atoms with E-state index in [4.69, 9.17) is 10.3 Å². The summed E-state index contributed by atoms with van der Waals surface area (Å²) in [5, 5.41) is 1.68. The van der Waals surface area contributed by atoms with E-state index >= 15 is 0 Å². The summed E-state index contributed by atoms with van der Waals surface area (Å²) >= 11 is 0. The van der Waals surface area contributed by atoms with Gasteiger partial charge in [0.2, 0.25) is 0 Å². The van der Waals surface area contributed by atoms with Crippen LogP contribution in [0, 0.1) is 6.92 Å². The first-order chi connectivity index (χ1) is 4.75. The van der Waals surface area contributed by atoms with Crippen LogP contribution >= 0.6 is 0 Å². The average molecular weight is 139 g/mol. The van der Waals surface area contributed by atoms with E-state index in [1.807, 2.05) is 6.92 Å². The Hall–Kier alpha value is -0.870. The fourth-order valence-corrected chi connectivity index (χ4v) is 1.19. The third kappa shape index (κ3) is 0.732. The zero-order valence-electron chi connectivity index (χ0n) is 5.79. The van der Waals surface area contributed by atoms with E-state index in [-0.39, 0.29) is 0 Å². The maximum atomic E-state index is 5.51. The van der Waals surface area contributed by atoms with Crippen molar-refractivity contribution < 1.29 is 4.42 Å². The third-order valence-electron chi connectivity index (χ3n) is 1.58. The lowest BCUT2D eigenvalue weighted by atomic mass is 10.4. The summed E-state index contributed by atoms with van der Waals surface area (Å²) in [7, 11) is 0. The Morgan fingerprint density at radius 1 is 1.60 bits per heavy atom. The Kier molecular flexibility index (Phi) is 1.06. The number of aromatic nitrogens is 1. The maximum Gasteiger partial charge on any atom is 0.191 e. The zero-order chi connectivity index (χ0) is 7.14. The lowest BCUT2D eigenvalue weighted by Crippen LogP contribution is -2.24. The van der Waals surface area contributed by atoms with E-state index in [0.717, 1.165) is 17.3 Å². The average Bonchev–Trinajstić information content (AvgIpc) is 2.21. The summed E-state index contributed by atoms with van der Waals surface area (Å²) in [4.78, 5) is 4.15. The number of aryl methyl sites for hydroxylation is 1. The Bertz CT molecular complexity index is 232. The second-order valence-corrected chi connectivity index (χ2v) is 2.51. The molecule has 0 saturated heterocycles. The van der Waals surface area contributed by atoms with Crippen molar-refractivity contribution in [2.75, 3.05) is 0 Å². The van der Waals surface area contributed by atoms with Gasteiger partial charge in [-0.05, 0) is 0 Å². The molecule has 0 radical (unpaired) electrons. The molecule has 54 valence electrons. The molecule has 4 nitrogen and oxygen atoms in total. The summed E-state index contributed by atoms with van der Waals surface area (Å²) in [6.45, 7) is 3.25. The minimum absolute atomic E-state index is 0.691. The van der Waals surface area contributed by atoms with Crippen molar-refractivity contribution >= 4 is 0 Å². The predicted octanol–water partition coefficient (Wildman–Crippen LogP) is 0.172. The number of hydrogen-bond acceptors (Lipinski definition) is 4. The molecule has 1 aromatic heterocycles. The molecule has 10 heavy (non-hydrogen) atoms. The van der Waals surface area contributed by atoms with Gasteiger partial charge in [0.05, 0.1) is 18.8 Å². The highest BCUT2D eigenvalue weighted by molar-refractivity contribution is 5.13. The Balaban J connectivity index is 2.39. The van der Waals surface area contributed by atoms with Crippen LogP contribution in [0.3, 0.4) is 0 Å². The van der Waals surface area contributed by atoms with Gasteiger partial charge >= 0.3 is 0 Å². The molecule has 0 saturated carbocycles. The number of hydrogen-bond donors (Lipinski definition) is 1. The molecule has 0 bridgehead atoms. The number of oxazole rings is 1. The summed E-state index contributed by atoms with van der Waals surface area (Å²) in [5.74, 6) is 7.16. The van der Waals surface area contributed by atoms with Gasteiger partial charge in [-0.3, -0.25) is 5.84 Å². The van der Waals surface area contributed by atoms with Crippen LogP contribution in [0.5, 0.6) is 0 Å². The second-order valence-electron chi connectivity index (χ2n) is 2.51. The van der Waals surface area contributed by atoms with Crippen molar-refractivity contribution in [3.8, 4) is 0 Å². The van der Waals surface area contributed by atoms with Gasteiger partial charge in [-0.1, -0.05) is 0 Å². The highest BCUT2D eigenvalue weighted by atomic mass is 16.4. The minimum atomic E-state index is 0.691. The van der Waals surface area contributed by atoms with Gasteiger partial charge in [0.1, 0.15) is 5.76 Å². The first kappa shape index (κ1) is 5.88. The molecule has 0 aromatic carbocycles. The third-order valence-corrected chi connectivity index (χ3v) is 1.58. The van der Waals surface area contributed by atoms with Crippen LogP contribution in [0.4, 0.5) is 0 Å². The van der Waals surface area contributed by atoms with Gasteiger partial charge in [-0.15, -0.1) is 0 Å². The number of fused-ring (bicyclic) bond motifs is 1. The molecule has 0 spiro atoms. The predicted molar refractivity (Wildman–Crippen MR) is 34.7 cm³/mol. The maximum absolute atomic E-state index is 5.51. The first-order valence-electron chi connectivity index (χ1n) is 3.20. The highest BCUT2D eigenvalue weighted by Crippen LogP contribution is 2.19. The largest absolute Gasteiger partial charge is 0.444 e. The van der Waals surface area contributed by atoms with Crippen LogP contribution in [0.1, 0.15) is 17.3 Å². The van der Waals surface area contributed by atoms with Gasteiger partial charge in [-0.25, -0.2) is 9.99 Å². The Labute approximate surface area is 58.6 Å². The SMILES string of the molecule is Cc1nc2c(o1)CN(N)C2. The number of nitrogens with two attached hydrogens (primary N) is 1. The Morgan fingerprint density at radius 3 is 3.10 bits per heavy atom. The van der Waals surface area contributed by atoms with Crippen LogP contribution in [-0.4, -0.2) is 9.99 Å². The number of nitrogens with zero attached hydrogens (tertiary/aromatic N) is 2. The van der Waals surface area contributed by atoms with Crippen LogP contribution in [0.15, 0.2) is 4.42 Å². The molecule has 2 heterocycles. The van der Waals surface area contributed by atoms with Gasteiger partial charge in [0.15, 0.2) is 5.89 Å². The first-order valence-corrected chi connectivity index (χ1v) is 3.20. The lowest BCUT2D eigenvalue weighted by molar-refractivity contribution is 0.271. The van der Waals surface area contributed by atoms with Crippen molar-refractivity contribution in [3.63, 3.8) is 0 Å². The van der Waals surface area contributed by atoms with Gasteiger partial charge < -0.3 is 4.42 Å². The minimum Gasteiger partial charge on any atom is -0.444 e. The summed E-state index contributed by atoms with van der Waals surface area (Å²) in [6, 6.07) is 0. The smallest absolute Gasteiger partial charge is 0.191 e. The van der Waals surface area contributed by atoms with E-state index in [9.17, 15) is 0 Å². The molecule has 2 N–H and O–H groups in total. The molecule has 0 atom stereocenters. The van der Waals surface area contributed by atoms with Gasteiger partial charge in [-0.2, -0.15) is 0 Å². The van der Waals surface area contributed by atoms with E-state index in [0.29, 0.717) is 13.1 Å². The van der Waals surface area contributed by atoms with E-state index in [1.165, 1.54) is 0 Å². The summed E-state index contributed by atoms with van der Waals surface area (Å²) < 4.78 is 5.26. The summed E-state index contributed by atoms with van der Waals surface area (Å²) in [5.41, 5.74) is 0.986. The molecule has 2 rings (SSSR count). The highest BCUT2D eigenvalue weighted by Gasteiger charge is 2.21. The molecule has 4 heteroatoms. The molecular weight excluding hydrogens is 130 g/mol. The lowest BCUT2D eigenvalue weighted by Gasteiger charge is -2.02. The van der Waals surface area contributed by atoms with Crippen LogP contribution < -0.4 is 5.84 Å². The van der Waals surface area contributed by atoms with Crippen LogP contribution in [0.2, 0.25) is 0 Å². The summed E-state index contributed by atoms with van der Waals surface area (Å²) in [6.07, 6.45) is 0. The van der Waals surface area contributed by atoms with Crippen LogP contribution in [-0.2, 0) is 13.1 Å². The van der Waals surface area contributed by atoms with Crippen molar-refractivity contribution in [1.29, 1.82) is 0 Å². The molecule has 0 unspecified atom stereocenters. The number of rotatable bonds is 0. The quantitative estimate of drug-likeness (QED) is 0.520. The molecule has 0 fully saturated rings. The molecular formula is C6H9N3O. The van der Waals surface area contributed by atoms with Crippen molar-refractivity contribution in [2.45, 2.75) is 20.0 Å². The normalized spacial score (nSPS) is 17.8. The van der Waals surface area contributed by atoms with E-state index in [1.54, 1.807) is 5.01 Å². The van der Waals surface area contributed by atoms with Crippen LogP contribution in [0.25, 0.3) is 0 Å². The fraction of sp³-hybridized carbons (Fsp3) is 0.500. The Morgan fingerprint density at radius 2 is 2.40 bits per heavy atom. The van der Waals surface area contributed by atoms with Gasteiger partial charge in [0, 0.05) is 6.92 Å². The van der Waals surface area contributed by atoms with E-state index < -0.39 is 0 Å². The van der Waals surface area contributed by atoms with Gasteiger partial charge in [0.25, 0.3) is 0 Å². The molecule has 1 aliphatic rings. The fourth-order valence-electron chi connectivity index (χ4n) is 1.19. The second kappa shape index (κ2) is 1.81. The van der Waals surface area contributed by atoms with Crippen molar-refractivity contribution in [3.05, 3.63) is 17.3 Å². The molecule has 1 aliphatic heterocycles. The number of hydrazine groups is 1. The molecule has 1 aromatic rings. The molecule has 0 aliphatic carbocycles. The monoisotopic (exact) mass is 139 g/mol. The van der Waals surface area contributed by atoms with Crippen molar-refractivity contribution in [1.82, 2.24) is 9.99 Å². The molecule has 0 amide bonds. The standard InChI is InChI=1S/C6H9N3O/c1-4-8-5-2-9(7)3-6(5)10-4/h2-3,7H2,1H3. The zero-order valence-corrected chi connectivity index (χ0v) is 5.79.